The van der Waals surface area contributed by atoms with Gasteiger partial charge in [-0.25, -0.2) is 0 Å². The van der Waals surface area contributed by atoms with E-state index in [4.69, 9.17) is 0 Å². The predicted molar refractivity (Wildman–Crippen MR) is 73.8 cm³/mol. The fourth-order valence-corrected chi connectivity index (χ4v) is 2.26. The molecule has 1 N–H and O–H groups in total. The van der Waals surface area contributed by atoms with Gasteiger partial charge in [0.2, 0.25) is 5.91 Å². The molecule has 1 heterocycles. The Morgan fingerprint density at radius 1 is 1.22 bits per heavy atom. The summed E-state index contributed by atoms with van der Waals surface area (Å²) in [6.07, 6.45) is 0. The van der Waals surface area contributed by atoms with Crippen molar-refractivity contribution in [3.63, 3.8) is 0 Å². The second kappa shape index (κ2) is 5.36. The summed E-state index contributed by atoms with van der Waals surface area (Å²) in [6.45, 7) is 5.46. The number of hydrogen-bond acceptors (Lipinski definition) is 2. The standard InChI is InChI=1S/C15H20N2O/c1-11(2)15(18)17(3)14-10-16-9-13(14)12-7-5-4-6-8-12/h4-8,11,16H,9-10H2,1-3H3. The molecular formula is C15H20N2O. The largest absolute Gasteiger partial charge is 0.317 e. The van der Waals surface area contributed by atoms with Crippen molar-refractivity contribution in [2.75, 3.05) is 20.1 Å². The molecule has 0 radical (unpaired) electrons. The third kappa shape index (κ3) is 2.46. The molecule has 1 aromatic carbocycles. The number of amides is 1. The number of nitrogens with zero attached hydrogens (tertiary/aromatic N) is 1. The van der Waals surface area contributed by atoms with Gasteiger partial charge >= 0.3 is 0 Å². The van der Waals surface area contributed by atoms with Crippen molar-refractivity contribution in [2.24, 2.45) is 5.92 Å². The van der Waals surface area contributed by atoms with E-state index < -0.39 is 0 Å². The van der Waals surface area contributed by atoms with Gasteiger partial charge in [-0.15, -0.1) is 0 Å². The molecule has 0 fully saturated rings. The van der Waals surface area contributed by atoms with Gasteiger partial charge in [0.15, 0.2) is 0 Å². The molecular weight excluding hydrogens is 224 g/mol. The van der Waals surface area contributed by atoms with Crippen molar-refractivity contribution in [2.45, 2.75) is 13.8 Å². The van der Waals surface area contributed by atoms with Crippen molar-refractivity contribution < 1.29 is 4.79 Å². The van der Waals surface area contributed by atoms with Crippen LogP contribution in [-0.4, -0.2) is 30.9 Å². The third-order valence-corrected chi connectivity index (χ3v) is 3.29. The topological polar surface area (TPSA) is 32.3 Å². The van der Waals surface area contributed by atoms with Gasteiger partial charge in [0.1, 0.15) is 0 Å². The van der Waals surface area contributed by atoms with Crippen LogP contribution in [0.4, 0.5) is 0 Å². The summed E-state index contributed by atoms with van der Waals surface area (Å²) in [7, 11) is 1.87. The first-order valence-corrected chi connectivity index (χ1v) is 6.37. The summed E-state index contributed by atoms with van der Waals surface area (Å²) in [5.41, 5.74) is 3.52. The highest BCUT2D eigenvalue weighted by Crippen LogP contribution is 2.24. The van der Waals surface area contributed by atoms with E-state index >= 15 is 0 Å². The van der Waals surface area contributed by atoms with E-state index in [1.807, 2.05) is 39.1 Å². The molecule has 0 spiro atoms. The monoisotopic (exact) mass is 244 g/mol. The van der Waals surface area contributed by atoms with Crippen molar-refractivity contribution in [3.8, 4) is 0 Å². The molecule has 2 rings (SSSR count). The Balaban J connectivity index is 2.33. The summed E-state index contributed by atoms with van der Waals surface area (Å²) in [5.74, 6) is 0.197. The molecule has 1 aliphatic rings. The maximum atomic E-state index is 12.1. The first-order chi connectivity index (χ1) is 8.61. The lowest BCUT2D eigenvalue weighted by Gasteiger charge is -2.22. The number of likely N-dealkylation sites (N-methyl/N-ethyl adjacent to an activating group) is 1. The highest BCUT2D eigenvalue weighted by molar-refractivity contribution is 5.83. The molecule has 1 aromatic rings. The summed E-state index contributed by atoms with van der Waals surface area (Å²) in [5, 5.41) is 3.33. The minimum Gasteiger partial charge on any atom is -0.317 e. The Bertz CT molecular complexity index is 463. The van der Waals surface area contributed by atoms with E-state index in [-0.39, 0.29) is 11.8 Å². The van der Waals surface area contributed by atoms with E-state index in [2.05, 4.69) is 17.4 Å². The smallest absolute Gasteiger partial charge is 0.229 e. The molecule has 18 heavy (non-hydrogen) atoms. The van der Waals surface area contributed by atoms with Gasteiger partial charge < -0.3 is 10.2 Å². The molecule has 1 amide bonds. The van der Waals surface area contributed by atoms with E-state index in [0.717, 1.165) is 18.8 Å². The molecule has 0 unspecified atom stereocenters. The maximum Gasteiger partial charge on any atom is 0.229 e. The van der Waals surface area contributed by atoms with Crippen molar-refractivity contribution in [3.05, 3.63) is 41.6 Å². The number of carbonyl (C=O) groups is 1. The Kier molecular flexibility index (Phi) is 3.82. The highest BCUT2D eigenvalue weighted by Gasteiger charge is 2.23. The second-order valence-corrected chi connectivity index (χ2v) is 4.95. The lowest BCUT2D eigenvalue weighted by molar-refractivity contribution is -0.131. The average Bonchev–Trinajstić information content (AvgIpc) is 2.87. The van der Waals surface area contributed by atoms with Crippen LogP contribution in [0.15, 0.2) is 36.0 Å². The van der Waals surface area contributed by atoms with Crippen LogP contribution in [-0.2, 0) is 4.79 Å². The summed E-state index contributed by atoms with van der Waals surface area (Å²) < 4.78 is 0. The van der Waals surface area contributed by atoms with Gasteiger partial charge in [-0.05, 0) is 11.1 Å². The third-order valence-electron chi connectivity index (χ3n) is 3.29. The van der Waals surface area contributed by atoms with Crippen LogP contribution in [0.5, 0.6) is 0 Å². The molecule has 96 valence electrons. The van der Waals surface area contributed by atoms with Gasteiger partial charge in [-0.2, -0.15) is 0 Å². The molecule has 0 saturated carbocycles. The molecule has 0 aliphatic carbocycles. The average molecular weight is 244 g/mol. The lowest BCUT2D eigenvalue weighted by atomic mass is 10.0. The molecule has 3 nitrogen and oxygen atoms in total. The fraction of sp³-hybridized carbons (Fsp3) is 0.400. The molecule has 3 heteroatoms. The molecule has 0 atom stereocenters. The highest BCUT2D eigenvalue weighted by atomic mass is 16.2. The first kappa shape index (κ1) is 12.8. The van der Waals surface area contributed by atoms with Crippen LogP contribution in [0.1, 0.15) is 19.4 Å². The summed E-state index contributed by atoms with van der Waals surface area (Å²) >= 11 is 0. The van der Waals surface area contributed by atoms with Crippen molar-refractivity contribution in [1.82, 2.24) is 10.2 Å². The van der Waals surface area contributed by atoms with Crippen LogP contribution in [0, 0.1) is 5.92 Å². The SMILES string of the molecule is CC(C)C(=O)N(C)C1=C(c2ccccc2)CNC1. The molecule has 0 aromatic heterocycles. The second-order valence-electron chi connectivity index (χ2n) is 4.95. The Labute approximate surface area is 108 Å². The fourth-order valence-electron chi connectivity index (χ4n) is 2.26. The van der Waals surface area contributed by atoms with Gasteiger partial charge in [0.25, 0.3) is 0 Å². The minimum absolute atomic E-state index is 0.0279. The van der Waals surface area contributed by atoms with E-state index in [0.29, 0.717) is 0 Å². The Morgan fingerprint density at radius 3 is 2.50 bits per heavy atom. The summed E-state index contributed by atoms with van der Waals surface area (Å²) in [6, 6.07) is 10.3. The number of carbonyl (C=O) groups excluding carboxylic acids is 1. The van der Waals surface area contributed by atoms with Crippen LogP contribution >= 0.6 is 0 Å². The van der Waals surface area contributed by atoms with E-state index in [1.54, 1.807) is 4.90 Å². The van der Waals surface area contributed by atoms with Crippen molar-refractivity contribution in [1.29, 1.82) is 0 Å². The van der Waals surface area contributed by atoms with Crippen molar-refractivity contribution >= 4 is 11.5 Å². The van der Waals surface area contributed by atoms with Gasteiger partial charge in [-0.3, -0.25) is 4.79 Å². The predicted octanol–water partition coefficient (Wildman–Crippen LogP) is 2.12. The Hall–Kier alpha value is -1.61. The Morgan fingerprint density at radius 2 is 1.89 bits per heavy atom. The summed E-state index contributed by atoms with van der Waals surface area (Å²) in [4.78, 5) is 13.9. The zero-order valence-electron chi connectivity index (χ0n) is 11.2. The zero-order chi connectivity index (χ0) is 13.1. The molecule has 0 saturated heterocycles. The normalized spacial score (nSPS) is 15.3. The number of hydrogen-bond donors (Lipinski definition) is 1. The van der Waals surface area contributed by atoms with Crippen LogP contribution in [0.3, 0.4) is 0 Å². The zero-order valence-corrected chi connectivity index (χ0v) is 11.2. The van der Waals surface area contributed by atoms with Gasteiger partial charge in [-0.1, -0.05) is 44.2 Å². The van der Waals surface area contributed by atoms with Crippen LogP contribution in [0.25, 0.3) is 5.57 Å². The van der Waals surface area contributed by atoms with E-state index in [1.165, 1.54) is 11.1 Å². The number of nitrogens with one attached hydrogen (secondary N) is 1. The minimum atomic E-state index is 0.0279. The quantitative estimate of drug-likeness (QED) is 0.883. The van der Waals surface area contributed by atoms with Crippen LogP contribution in [0.2, 0.25) is 0 Å². The molecule has 0 bridgehead atoms. The van der Waals surface area contributed by atoms with Gasteiger partial charge in [0.05, 0.1) is 0 Å². The number of benzene rings is 1. The number of rotatable bonds is 3. The van der Waals surface area contributed by atoms with E-state index in [9.17, 15) is 4.79 Å². The van der Waals surface area contributed by atoms with Crippen LogP contribution < -0.4 is 5.32 Å². The maximum absolute atomic E-state index is 12.1. The first-order valence-electron chi connectivity index (χ1n) is 6.37. The molecule has 1 aliphatic heterocycles. The lowest BCUT2D eigenvalue weighted by Crippen LogP contribution is -2.31. The van der Waals surface area contributed by atoms with Gasteiger partial charge in [0, 0.05) is 31.8 Å².